The molecule has 32 heavy (non-hydrogen) atoms. The van der Waals surface area contributed by atoms with Gasteiger partial charge >= 0.3 is 12.0 Å². The molecule has 2 aliphatic rings. The number of likely N-dealkylation sites (N-methyl/N-ethyl adjacent to an activating group) is 1. The highest BCUT2D eigenvalue weighted by molar-refractivity contribution is 5.78. The van der Waals surface area contributed by atoms with E-state index in [1.807, 2.05) is 23.6 Å². The number of carbonyl (C=O) groups is 1. The van der Waals surface area contributed by atoms with Gasteiger partial charge in [-0.2, -0.15) is 10.1 Å². The highest BCUT2D eigenvalue weighted by atomic mass is 19.1. The maximum Gasteiger partial charge on any atom is 0.321 e. The van der Waals surface area contributed by atoms with Crippen LogP contribution in [-0.2, 0) is 12.1 Å². The lowest BCUT2D eigenvalue weighted by molar-refractivity contribution is 0.0373. The van der Waals surface area contributed by atoms with Gasteiger partial charge in [0.15, 0.2) is 17.5 Å². The Bertz CT molecular complexity index is 1010. The van der Waals surface area contributed by atoms with Gasteiger partial charge < -0.3 is 19.9 Å². The van der Waals surface area contributed by atoms with E-state index in [0.717, 1.165) is 30.5 Å². The first-order valence-electron chi connectivity index (χ1n) is 10.9. The van der Waals surface area contributed by atoms with Crippen LogP contribution in [0.4, 0.5) is 20.8 Å². The van der Waals surface area contributed by atoms with Crippen LogP contribution in [0.15, 0.2) is 6.20 Å². The summed E-state index contributed by atoms with van der Waals surface area (Å²) in [5.41, 5.74) is 1.04. The Morgan fingerprint density at radius 3 is 2.75 bits per heavy atom. The van der Waals surface area contributed by atoms with E-state index in [1.54, 1.807) is 0 Å². The number of halogens is 1. The topological polar surface area (TPSA) is 103 Å². The third kappa shape index (κ3) is 3.64. The smallest absolute Gasteiger partial charge is 0.321 e. The molecule has 174 valence electrons. The summed E-state index contributed by atoms with van der Waals surface area (Å²) in [6, 6.07) is 0.466. The molecule has 11 heteroatoms. The van der Waals surface area contributed by atoms with Gasteiger partial charge in [-0.05, 0) is 34.2 Å². The van der Waals surface area contributed by atoms with E-state index < -0.39 is 11.4 Å². The normalized spacial score (nSPS) is 22.7. The summed E-state index contributed by atoms with van der Waals surface area (Å²) in [5.74, 6) is -0.225. The van der Waals surface area contributed by atoms with E-state index in [9.17, 15) is 9.18 Å². The molecule has 4 rings (SSSR count). The molecule has 0 bridgehead atoms. The van der Waals surface area contributed by atoms with Crippen LogP contribution < -0.4 is 10.1 Å². The van der Waals surface area contributed by atoms with Gasteiger partial charge in [0.25, 0.3) is 0 Å². The standard InChI is InChI=1S/C21H31FN8O2/c1-7-28-9-13(3)29(10-12(28)2)20(31)30-11-14-16(21(30,4)5)26-27-17(14)24-18-15(22)8-23-19(25-18)32-6/h8,12-13H,7,9-11H2,1-6H3,(H2,23,24,25,26,27)/t12-,13-/m0/s1. The minimum absolute atomic E-state index is 0.00413. The third-order valence-corrected chi connectivity index (χ3v) is 6.61. The summed E-state index contributed by atoms with van der Waals surface area (Å²) < 4.78 is 19.2. The number of anilines is 2. The monoisotopic (exact) mass is 446 g/mol. The van der Waals surface area contributed by atoms with Crippen molar-refractivity contribution in [2.45, 2.75) is 58.8 Å². The second-order valence-electron chi connectivity index (χ2n) is 8.97. The summed E-state index contributed by atoms with van der Waals surface area (Å²) in [6.07, 6.45) is 1.04. The van der Waals surface area contributed by atoms with Crippen LogP contribution in [0.25, 0.3) is 0 Å². The second kappa shape index (κ2) is 8.19. The summed E-state index contributed by atoms with van der Waals surface area (Å²) in [6.45, 7) is 13.2. The molecule has 4 heterocycles. The fourth-order valence-electron chi connectivity index (χ4n) is 4.64. The lowest BCUT2D eigenvalue weighted by Gasteiger charge is -2.46. The molecule has 2 atom stereocenters. The first-order chi connectivity index (χ1) is 15.2. The average molecular weight is 447 g/mol. The molecular weight excluding hydrogens is 415 g/mol. The van der Waals surface area contributed by atoms with E-state index in [0.29, 0.717) is 24.9 Å². The number of aromatic nitrogens is 4. The zero-order chi connectivity index (χ0) is 23.2. The van der Waals surface area contributed by atoms with Crippen LogP contribution in [0.1, 0.15) is 45.9 Å². The Morgan fingerprint density at radius 2 is 2.06 bits per heavy atom. The number of methoxy groups -OCH3 is 1. The van der Waals surface area contributed by atoms with Crippen LogP contribution in [0.5, 0.6) is 6.01 Å². The molecule has 0 radical (unpaired) electrons. The van der Waals surface area contributed by atoms with Gasteiger partial charge in [-0.15, -0.1) is 0 Å². The maximum absolute atomic E-state index is 14.2. The third-order valence-electron chi connectivity index (χ3n) is 6.61. The first-order valence-corrected chi connectivity index (χ1v) is 10.9. The lowest BCUT2D eigenvalue weighted by atomic mass is 10.0. The van der Waals surface area contributed by atoms with Crippen LogP contribution in [-0.4, -0.2) is 79.7 Å². The first kappa shape index (κ1) is 22.3. The van der Waals surface area contributed by atoms with Crippen molar-refractivity contribution in [1.82, 2.24) is 34.9 Å². The van der Waals surface area contributed by atoms with Crippen molar-refractivity contribution in [2.75, 3.05) is 32.1 Å². The van der Waals surface area contributed by atoms with Gasteiger partial charge in [-0.1, -0.05) is 6.92 Å². The number of aromatic amines is 1. The minimum atomic E-state index is -0.621. The van der Waals surface area contributed by atoms with Gasteiger partial charge in [0, 0.05) is 30.7 Å². The largest absolute Gasteiger partial charge is 0.467 e. The van der Waals surface area contributed by atoms with Crippen molar-refractivity contribution < 1.29 is 13.9 Å². The molecule has 2 aromatic rings. The van der Waals surface area contributed by atoms with E-state index in [-0.39, 0.29) is 23.9 Å². The van der Waals surface area contributed by atoms with Crippen molar-refractivity contribution >= 4 is 17.7 Å². The molecule has 2 N–H and O–H groups in total. The molecule has 2 amide bonds. The van der Waals surface area contributed by atoms with Gasteiger partial charge in [0.2, 0.25) is 0 Å². The number of rotatable bonds is 4. The van der Waals surface area contributed by atoms with Crippen LogP contribution in [0, 0.1) is 5.82 Å². The molecule has 0 aromatic carbocycles. The van der Waals surface area contributed by atoms with Crippen molar-refractivity contribution in [3.8, 4) is 6.01 Å². The number of hydrogen-bond acceptors (Lipinski definition) is 7. The Morgan fingerprint density at radius 1 is 1.31 bits per heavy atom. The van der Waals surface area contributed by atoms with Gasteiger partial charge in [0.05, 0.1) is 31.1 Å². The van der Waals surface area contributed by atoms with Gasteiger partial charge in [-0.25, -0.2) is 14.2 Å². The molecule has 2 aliphatic heterocycles. The number of ether oxygens (including phenoxy) is 1. The SMILES string of the molecule is CCN1C[C@H](C)N(C(=O)N2Cc3c(Nc4nc(OC)ncc4F)n[nH]c3C2(C)C)C[C@@H]1C. The molecule has 0 saturated carbocycles. The highest BCUT2D eigenvalue weighted by Gasteiger charge is 2.46. The molecule has 0 aliphatic carbocycles. The quantitative estimate of drug-likeness (QED) is 0.744. The highest BCUT2D eigenvalue weighted by Crippen LogP contribution is 2.42. The van der Waals surface area contributed by atoms with Crippen LogP contribution in [0.3, 0.4) is 0 Å². The van der Waals surface area contributed by atoms with Gasteiger partial charge in [-0.3, -0.25) is 10.00 Å². The van der Waals surface area contributed by atoms with Crippen molar-refractivity contribution in [1.29, 1.82) is 0 Å². The lowest BCUT2D eigenvalue weighted by Crippen LogP contribution is -2.61. The van der Waals surface area contributed by atoms with Crippen molar-refractivity contribution in [2.24, 2.45) is 0 Å². The molecular formula is C21H31FN8O2. The zero-order valence-corrected chi connectivity index (χ0v) is 19.4. The number of amides is 2. The van der Waals surface area contributed by atoms with E-state index >= 15 is 0 Å². The number of fused-ring (bicyclic) bond motifs is 1. The fraction of sp³-hybridized carbons (Fsp3) is 0.619. The molecule has 0 unspecified atom stereocenters. The molecule has 2 aromatic heterocycles. The number of hydrogen-bond donors (Lipinski definition) is 2. The minimum Gasteiger partial charge on any atom is -0.467 e. The maximum atomic E-state index is 14.2. The summed E-state index contributed by atoms with van der Waals surface area (Å²) >= 11 is 0. The predicted molar refractivity (Wildman–Crippen MR) is 117 cm³/mol. The number of nitrogens with one attached hydrogen (secondary N) is 2. The Hall–Kier alpha value is -2.95. The van der Waals surface area contributed by atoms with Crippen LogP contribution >= 0.6 is 0 Å². The van der Waals surface area contributed by atoms with E-state index in [1.165, 1.54) is 7.11 Å². The second-order valence-corrected chi connectivity index (χ2v) is 8.97. The molecule has 1 saturated heterocycles. The van der Waals surface area contributed by atoms with E-state index in [2.05, 4.69) is 51.2 Å². The number of piperazine rings is 1. The fourth-order valence-corrected chi connectivity index (χ4v) is 4.64. The number of carbonyl (C=O) groups excluding carboxylic acids is 1. The van der Waals surface area contributed by atoms with Crippen LogP contribution in [0.2, 0.25) is 0 Å². The Balaban J connectivity index is 1.57. The predicted octanol–water partition coefficient (Wildman–Crippen LogP) is 2.68. The molecule has 0 spiro atoms. The molecule has 10 nitrogen and oxygen atoms in total. The van der Waals surface area contributed by atoms with Gasteiger partial charge in [0.1, 0.15) is 0 Å². The number of H-pyrrole nitrogens is 1. The van der Waals surface area contributed by atoms with Crippen molar-refractivity contribution in [3.05, 3.63) is 23.3 Å². The Labute approximate surface area is 187 Å². The van der Waals surface area contributed by atoms with E-state index in [4.69, 9.17) is 4.74 Å². The summed E-state index contributed by atoms with van der Waals surface area (Å²) in [4.78, 5) is 27.6. The number of urea groups is 1. The Kier molecular flexibility index (Phi) is 5.70. The average Bonchev–Trinajstić information content (AvgIpc) is 3.28. The number of nitrogens with zero attached hydrogens (tertiary/aromatic N) is 6. The zero-order valence-electron chi connectivity index (χ0n) is 19.4. The summed E-state index contributed by atoms with van der Waals surface area (Å²) in [7, 11) is 1.41. The van der Waals surface area contributed by atoms with Crippen molar-refractivity contribution in [3.63, 3.8) is 0 Å². The summed E-state index contributed by atoms with van der Waals surface area (Å²) in [5, 5.41) is 10.3. The molecule has 1 fully saturated rings.